The predicted molar refractivity (Wildman–Crippen MR) is 79.1 cm³/mol. The van der Waals surface area contributed by atoms with E-state index in [1.165, 1.54) is 5.56 Å². The number of esters is 1. The minimum atomic E-state index is -0.429. The lowest BCUT2D eigenvalue weighted by atomic mass is 9.89. The summed E-state index contributed by atoms with van der Waals surface area (Å²) in [6, 6.07) is 8.15. The lowest BCUT2D eigenvalue weighted by Gasteiger charge is -2.24. The van der Waals surface area contributed by atoms with Crippen molar-refractivity contribution >= 4 is 21.9 Å². The number of ether oxygens (including phenoxy) is 1. The molecule has 1 saturated heterocycles. The Morgan fingerprint density at radius 3 is 2.74 bits per heavy atom. The minimum Gasteiger partial charge on any atom is -0.460 e. The summed E-state index contributed by atoms with van der Waals surface area (Å²) < 4.78 is 6.55. The Bertz CT molecular complexity index is 467. The summed E-state index contributed by atoms with van der Waals surface area (Å²) in [6.07, 6.45) is 0. The van der Waals surface area contributed by atoms with Crippen molar-refractivity contribution in [2.75, 3.05) is 13.1 Å². The first-order valence-corrected chi connectivity index (χ1v) is 7.35. The summed E-state index contributed by atoms with van der Waals surface area (Å²) in [4.78, 5) is 12.3. The fourth-order valence-corrected chi connectivity index (χ4v) is 2.81. The van der Waals surface area contributed by atoms with E-state index in [2.05, 4.69) is 33.4 Å². The van der Waals surface area contributed by atoms with Gasteiger partial charge in [0.05, 0.1) is 5.92 Å². The van der Waals surface area contributed by atoms with Crippen LogP contribution in [0.3, 0.4) is 0 Å². The van der Waals surface area contributed by atoms with Crippen LogP contribution in [0.1, 0.15) is 32.3 Å². The minimum absolute atomic E-state index is 0.103. The van der Waals surface area contributed by atoms with Crippen LogP contribution in [-0.2, 0) is 9.53 Å². The summed E-state index contributed by atoms with van der Waals surface area (Å²) >= 11 is 3.48. The van der Waals surface area contributed by atoms with E-state index in [0.29, 0.717) is 6.54 Å². The zero-order valence-corrected chi connectivity index (χ0v) is 13.2. The van der Waals surface area contributed by atoms with Gasteiger partial charge in [-0.3, -0.25) is 4.79 Å². The third-order valence-corrected chi connectivity index (χ3v) is 3.69. The molecule has 0 radical (unpaired) electrons. The first-order valence-electron chi connectivity index (χ1n) is 6.56. The Labute approximate surface area is 122 Å². The van der Waals surface area contributed by atoms with Crippen LogP contribution in [0.4, 0.5) is 0 Å². The maximum absolute atomic E-state index is 12.3. The molecule has 1 N–H and O–H groups in total. The fraction of sp³-hybridized carbons (Fsp3) is 0.533. The Morgan fingerprint density at radius 1 is 1.37 bits per heavy atom. The maximum Gasteiger partial charge on any atom is 0.311 e. The van der Waals surface area contributed by atoms with Crippen LogP contribution in [0.2, 0.25) is 0 Å². The van der Waals surface area contributed by atoms with Gasteiger partial charge in [0.2, 0.25) is 0 Å². The van der Waals surface area contributed by atoms with Crippen LogP contribution in [0.5, 0.6) is 0 Å². The van der Waals surface area contributed by atoms with Crippen LogP contribution in [0.15, 0.2) is 28.7 Å². The zero-order valence-electron chi connectivity index (χ0n) is 11.6. The van der Waals surface area contributed by atoms with Crippen LogP contribution >= 0.6 is 15.9 Å². The highest BCUT2D eigenvalue weighted by molar-refractivity contribution is 9.10. The second-order valence-electron chi connectivity index (χ2n) is 5.96. The molecule has 1 fully saturated rings. The molecule has 0 bridgehead atoms. The molecule has 4 heteroatoms. The van der Waals surface area contributed by atoms with Crippen LogP contribution in [0.25, 0.3) is 0 Å². The van der Waals surface area contributed by atoms with E-state index in [1.807, 2.05) is 32.9 Å². The Hall–Kier alpha value is -0.870. The summed E-state index contributed by atoms with van der Waals surface area (Å²) in [7, 11) is 0. The molecule has 104 valence electrons. The molecule has 2 unspecified atom stereocenters. The Morgan fingerprint density at radius 2 is 2.11 bits per heavy atom. The van der Waals surface area contributed by atoms with E-state index in [-0.39, 0.29) is 17.8 Å². The third kappa shape index (κ3) is 3.80. The van der Waals surface area contributed by atoms with Crippen molar-refractivity contribution in [1.82, 2.24) is 5.32 Å². The first-order chi connectivity index (χ1) is 8.87. The van der Waals surface area contributed by atoms with Crippen LogP contribution < -0.4 is 5.32 Å². The van der Waals surface area contributed by atoms with Crippen molar-refractivity contribution in [2.24, 2.45) is 5.92 Å². The highest BCUT2D eigenvalue weighted by Gasteiger charge is 2.36. The van der Waals surface area contributed by atoms with E-state index in [9.17, 15) is 4.79 Å². The number of benzene rings is 1. The lowest BCUT2D eigenvalue weighted by molar-refractivity contribution is -0.159. The monoisotopic (exact) mass is 325 g/mol. The molecule has 1 aromatic rings. The van der Waals surface area contributed by atoms with Crippen molar-refractivity contribution in [3.05, 3.63) is 34.3 Å². The van der Waals surface area contributed by atoms with Gasteiger partial charge in [0.15, 0.2) is 0 Å². The van der Waals surface area contributed by atoms with Crippen molar-refractivity contribution in [2.45, 2.75) is 32.3 Å². The summed E-state index contributed by atoms with van der Waals surface area (Å²) in [5.74, 6) is -0.0247. The van der Waals surface area contributed by atoms with Crippen LogP contribution in [-0.4, -0.2) is 24.7 Å². The Kier molecular flexibility index (Phi) is 4.31. The van der Waals surface area contributed by atoms with Gasteiger partial charge >= 0.3 is 5.97 Å². The third-order valence-electron chi connectivity index (χ3n) is 3.20. The van der Waals surface area contributed by atoms with E-state index < -0.39 is 5.60 Å². The number of nitrogens with one attached hydrogen (secondary N) is 1. The molecule has 1 heterocycles. The van der Waals surface area contributed by atoms with E-state index >= 15 is 0 Å². The van der Waals surface area contributed by atoms with Gasteiger partial charge in [-0.1, -0.05) is 28.1 Å². The molecule has 0 aromatic heterocycles. The number of rotatable bonds is 2. The van der Waals surface area contributed by atoms with Gasteiger partial charge in [0.1, 0.15) is 5.60 Å². The van der Waals surface area contributed by atoms with Gasteiger partial charge in [0, 0.05) is 23.5 Å². The number of carbonyl (C=O) groups is 1. The fourth-order valence-electron chi connectivity index (χ4n) is 2.39. The van der Waals surface area contributed by atoms with Crippen molar-refractivity contribution in [3.8, 4) is 0 Å². The van der Waals surface area contributed by atoms with Crippen molar-refractivity contribution in [3.63, 3.8) is 0 Å². The molecule has 3 nitrogen and oxygen atoms in total. The molecule has 1 aromatic carbocycles. The quantitative estimate of drug-likeness (QED) is 0.849. The normalized spacial score (nSPS) is 23.4. The summed E-state index contributed by atoms with van der Waals surface area (Å²) in [6.45, 7) is 7.22. The topological polar surface area (TPSA) is 38.3 Å². The smallest absolute Gasteiger partial charge is 0.311 e. The van der Waals surface area contributed by atoms with E-state index in [4.69, 9.17) is 4.74 Å². The van der Waals surface area contributed by atoms with Crippen molar-refractivity contribution in [1.29, 1.82) is 0 Å². The van der Waals surface area contributed by atoms with Crippen LogP contribution in [0, 0.1) is 5.92 Å². The highest BCUT2D eigenvalue weighted by atomic mass is 79.9. The standard InChI is InChI=1S/C15H20BrNO2/c1-15(2,3)19-14(18)13-9-17-8-12(13)10-5-4-6-11(16)7-10/h4-7,12-13,17H,8-9H2,1-3H3. The molecule has 2 rings (SSSR count). The zero-order chi connectivity index (χ0) is 14.0. The highest BCUT2D eigenvalue weighted by Crippen LogP contribution is 2.31. The van der Waals surface area contributed by atoms with Crippen molar-refractivity contribution < 1.29 is 9.53 Å². The largest absolute Gasteiger partial charge is 0.460 e. The van der Waals surface area contributed by atoms with Gasteiger partial charge in [-0.05, 0) is 38.5 Å². The second kappa shape index (κ2) is 5.63. The van der Waals surface area contributed by atoms with Gasteiger partial charge < -0.3 is 10.1 Å². The van der Waals surface area contributed by atoms with Gasteiger partial charge in [0.25, 0.3) is 0 Å². The van der Waals surface area contributed by atoms with E-state index in [0.717, 1.165) is 11.0 Å². The molecular formula is C15H20BrNO2. The number of hydrogen-bond acceptors (Lipinski definition) is 3. The Balaban J connectivity index is 2.15. The summed E-state index contributed by atoms with van der Waals surface area (Å²) in [5.41, 5.74) is 0.747. The molecule has 0 aliphatic carbocycles. The average molecular weight is 326 g/mol. The number of carbonyl (C=O) groups excluding carboxylic acids is 1. The molecule has 1 aliphatic rings. The number of hydrogen-bond donors (Lipinski definition) is 1. The van der Waals surface area contributed by atoms with Gasteiger partial charge in [-0.25, -0.2) is 0 Å². The summed E-state index contributed by atoms with van der Waals surface area (Å²) in [5, 5.41) is 3.29. The average Bonchev–Trinajstić information content (AvgIpc) is 2.75. The first kappa shape index (κ1) is 14.5. The maximum atomic E-state index is 12.3. The second-order valence-corrected chi connectivity index (χ2v) is 6.88. The molecule has 0 amide bonds. The number of halogens is 1. The molecule has 2 atom stereocenters. The molecule has 19 heavy (non-hydrogen) atoms. The van der Waals surface area contributed by atoms with E-state index in [1.54, 1.807) is 0 Å². The lowest BCUT2D eigenvalue weighted by Crippen LogP contribution is -2.31. The van der Waals surface area contributed by atoms with Gasteiger partial charge in [-0.15, -0.1) is 0 Å². The molecular weight excluding hydrogens is 306 g/mol. The molecule has 0 spiro atoms. The predicted octanol–water partition coefficient (Wildman–Crippen LogP) is 3.09. The SMILES string of the molecule is CC(C)(C)OC(=O)C1CNCC1c1cccc(Br)c1. The van der Waals surface area contributed by atoms with Gasteiger partial charge in [-0.2, -0.15) is 0 Å². The molecule has 1 aliphatic heterocycles. The molecule has 0 saturated carbocycles.